The van der Waals surface area contributed by atoms with Gasteiger partial charge in [-0.05, 0) is 51.0 Å². The van der Waals surface area contributed by atoms with Crippen molar-refractivity contribution in [3.05, 3.63) is 0 Å². The maximum absolute atomic E-state index is 11.5. The topological polar surface area (TPSA) is 52.6 Å². The van der Waals surface area contributed by atoms with E-state index in [0.29, 0.717) is 24.0 Å². The molecule has 0 radical (unpaired) electrons. The van der Waals surface area contributed by atoms with Crippen LogP contribution in [0.3, 0.4) is 0 Å². The van der Waals surface area contributed by atoms with Gasteiger partial charge in [-0.1, -0.05) is 20.8 Å². The van der Waals surface area contributed by atoms with E-state index in [0.717, 1.165) is 19.4 Å². The lowest BCUT2D eigenvalue weighted by molar-refractivity contribution is -0.150. The first-order valence-electron chi connectivity index (χ1n) is 8.46. The molecule has 1 heterocycles. The van der Waals surface area contributed by atoms with E-state index in [-0.39, 0.29) is 11.3 Å². The number of carbonyl (C=O) groups is 1. The number of nitrogens with zero attached hydrogens (tertiary/aromatic N) is 1. The van der Waals surface area contributed by atoms with Crippen molar-refractivity contribution >= 4 is 5.97 Å². The highest BCUT2D eigenvalue weighted by atomic mass is 16.4. The van der Waals surface area contributed by atoms with Crippen LogP contribution in [-0.2, 0) is 4.79 Å². The predicted molar refractivity (Wildman–Crippen MR) is 85.3 cm³/mol. The van der Waals surface area contributed by atoms with Crippen LogP contribution in [0.2, 0.25) is 0 Å². The smallest absolute Gasteiger partial charge is 0.307 e. The number of hydrogen-bond acceptors (Lipinski definition) is 3. The lowest BCUT2D eigenvalue weighted by atomic mass is 9.61. The van der Waals surface area contributed by atoms with Crippen LogP contribution in [0.5, 0.6) is 0 Å². The molecule has 2 aliphatic rings. The van der Waals surface area contributed by atoms with Crippen molar-refractivity contribution in [2.24, 2.45) is 17.3 Å². The molecule has 2 rings (SSSR count). The molecule has 0 bridgehead atoms. The van der Waals surface area contributed by atoms with Crippen LogP contribution in [0.4, 0.5) is 0 Å². The first-order valence-corrected chi connectivity index (χ1v) is 8.46. The molecule has 21 heavy (non-hydrogen) atoms. The maximum Gasteiger partial charge on any atom is 0.307 e. The normalized spacial score (nSPS) is 37.0. The zero-order chi connectivity index (χ0) is 15.8. The molecule has 0 amide bonds. The van der Waals surface area contributed by atoms with Gasteiger partial charge in [0.15, 0.2) is 0 Å². The molecule has 0 spiro atoms. The third-order valence-corrected chi connectivity index (χ3v) is 6.14. The van der Waals surface area contributed by atoms with Crippen LogP contribution >= 0.6 is 0 Å². The summed E-state index contributed by atoms with van der Waals surface area (Å²) >= 11 is 0. The van der Waals surface area contributed by atoms with Gasteiger partial charge >= 0.3 is 5.97 Å². The summed E-state index contributed by atoms with van der Waals surface area (Å²) in [4.78, 5) is 14.0. The Balaban J connectivity index is 1.95. The molecule has 2 fully saturated rings. The maximum atomic E-state index is 11.5. The lowest BCUT2D eigenvalue weighted by Crippen LogP contribution is -2.53. The molecule has 4 nitrogen and oxygen atoms in total. The van der Waals surface area contributed by atoms with Crippen LogP contribution < -0.4 is 5.32 Å². The van der Waals surface area contributed by atoms with Crippen LogP contribution in [0.15, 0.2) is 0 Å². The number of rotatable bonds is 4. The van der Waals surface area contributed by atoms with E-state index >= 15 is 0 Å². The zero-order valence-electron chi connectivity index (χ0n) is 14.2. The Hall–Kier alpha value is -0.610. The van der Waals surface area contributed by atoms with Gasteiger partial charge in [0, 0.05) is 24.7 Å². The molecule has 0 aromatic rings. The summed E-state index contributed by atoms with van der Waals surface area (Å²) < 4.78 is 0. The van der Waals surface area contributed by atoms with E-state index in [1.165, 1.54) is 13.0 Å². The van der Waals surface area contributed by atoms with Gasteiger partial charge in [-0.25, -0.2) is 0 Å². The number of carboxylic acid groups (broad SMARTS) is 1. The SMILES string of the molecule is CC(C)N1CCC(NC2CCC(C(=O)O)C(C)(C)C2C)C1. The second kappa shape index (κ2) is 6.25. The van der Waals surface area contributed by atoms with Gasteiger partial charge in [-0.3, -0.25) is 9.69 Å². The Labute approximate surface area is 129 Å². The van der Waals surface area contributed by atoms with E-state index in [1.807, 2.05) is 0 Å². The molecule has 4 atom stereocenters. The minimum absolute atomic E-state index is 0.141. The Morgan fingerprint density at radius 1 is 1.29 bits per heavy atom. The van der Waals surface area contributed by atoms with Crippen LogP contribution in [0.1, 0.15) is 53.9 Å². The molecular formula is C17H32N2O2. The van der Waals surface area contributed by atoms with E-state index < -0.39 is 5.97 Å². The van der Waals surface area contributed by atoms with Gasteiger partial charge < -0.3 is 10.4 Å². The highest BCUT2D eigenvalue weighted by Crippen LogP contribution is 2.45. The van der Waals surface area contributed by atoms with Crippen LogP contribution in [0.25, 0.3) is 0 Å². The largest absolute Gasteiger partial charge is 0.481 e. The number of hydrogen-bond donors (Lipinski definition) is 2. The van der Waals surface area contributed by atoms with Gasteiger partial charge in [-0.15, -0.1) is 0 Å². The Kier molecular flexibility index (Phi) is 4.99. The minimum atomic E-state index is -0.628. The molecule has 1 aliphatic heterocycles. The standard InChI is InChI=1S/C17H32N2O2/c1-11(2)19-9-8-13(10-19)18-15-7-6-14(16(20)21)17(4,5)12(15)3/h11-15,18H,6-10H2,1-5H3,(H,20,21). The fourth-order valence-corrected chi connectivity index (χ4v) is 4.17. The summed E-state index contributed by atoms with van der Waals surface area (Å²) in [5.74, 6) is -0.445. The van der Waals surface area contributed by atoms with Crippen molar-refractivity contribution in [1.82, 2.24) is 10.2 Å². The average molecular weight is 296 g/mol. The Bertz CT molecular complexity index is 381. The summed E-state index contributed by atoms with van der Waals surface area (Å²) in [6, 6.07) is 1.64. The molecule has 1 saturated heterocycles. The van der Waals surface area contributed by atoms with E-state index in [1.54, 1.807) is 0 Å². The lowest BCUT2D eigenvalue weighted by Gasteiger charge is -2.47. The van der Waals surface area contributed by atoms with Crippen LogP contribution in [-0.4, -0.2) is 47.2 Å². The molecule has 4 heteroatoms. The van der Waals surface area contributed by atoms with E-state index in [2.05, 4.69) is 44.8 Å². The first-order chi connectivity index (χ1) is 9.73. The third-order valence-electron chi connectivity index (χ3n) is 6.14. The minimum Gasteiger partial charge on any atom is -0.481 e. The van der Waals surface area contributed by atoms with Gasteiger partial charge in [0.25, 0.3) is 0 Å². The van der Waals surface area contributed by atoms with Crippen molar-refractivity contribution < 1.29 is 9.90 Å². The highest BCUT2D eigenvalue weighted by molar-refractivity contribution is 5.71. The highest BCUT2D eigenvalue weighted by Gasteiger charge is 2.46. The molecular weight excluding hydrogens is 264 g/mol. The Morgan fingerprint density at radius 3 is 2.48 bits per heavy atom. The van der Waals surface area contributed by atoms with Crippen molar-refractivity contribution in [3.8, 4) is 0 Å². The summed E-state index contributed by atoms with van der Waals surface area (Å²) in [5, 5.41) is 13.3. The molecule has 1 saturated carbocycles. The van der Waals surface area contributed by atoms with Crippen LogP contribution in [0, 0.1) is 17.3 Å². The van der Waals surface area contributed by atoms with Crippen molar-refractivity contribution in [3.63, 3.8) is 0 Å². The first kappa shape index (κ1) is 16.8. The molecule has 122 valence electrons. The van der Waals surface area contributed by atoms with E-state index in [9.17, 15) is 9.90 Å². The molecule has 1 aliphatic carbocycles. The van der Waals surface area contributed by atoms with E-state index in [4.69, 9.17) is 0 Å². The zero-order valence-corrected chi connectivity index (χ0v) is 14.2. The summed E-state index contributed by atoms with van der Waals surface area (Å²) in [5.41, 5.74) is -0.141. The second-order valence-electron chi connectivity index (χ2n) is 7.93. The van der Waals surface area contributed by atoms with Crippen molar-refractivity contribution in [1.29, 1.82) is 0 Å². The third kappa shape index (κ3) is 3.42. The molecule has 4 unspecified atom stereocenters. The Morgan fingerprint density at radius 2 is 1.95 bits per heavy atom. The van der Waals surface area contributed by atoms with Gasteiger partial charge in [0.05, 0.1) is 5.92 Å². The van der Waals surface area contributed by atoms with Crippen molar-refractivity contribution in [2.45, 2.75) is 72.0 Å². The molecule has 0 aromatic heterocycles. The fourth-order valence-electron chi connectivity index (χ4n) is 4.17. The molecule has 0 aromatic carbocycles. The predicted octanol–water partition coefficient (Wildman–Crippen LogP) is 2.58. The average Bonchev–Trinajstić information content (AvgIpc) is 2.83. The van der Waals surface area contributed by atoms with Crippen molar-refractivity contribution in [2.75, 3.05) is 13.1 Å². The van der Waals surface area contributed by atoms with Gasteiger partial charge in [-0.2, -0.15) is 0 Å². The quantitative estimate of drug-likeness (QED) is 0.837. The monoisotopic (exact) mass is 296 g/mol. The fraction of sp³-hybridized carbons (Fsp3) is 0.941. The number of aliphatic carboxylic acids is 1. The summed E-state index contributed by atoms with van der Waals surface area (Å²) in [6.07, 6.45) is 2.99. The number of carboxylic acids is 1. The molecule has 2 N–H and O–H groups in total. The van der Waals surface area contributed by atoms with Gasteiger partial charge in [0.2, 0.25) is 0 Å². The summed E-state index contributed by atoms with van der Waals surface area (Å²) in [6.45, 7) is 13.3. The summed E-state index contributed by atoms with van der Waals surface area (Å²) in [7, 11) is 0. The number of likely N-dealkylation sites (tertiary alicyclic amines) is 1. The second-order valence-corrected chi connectivity index (χ2v) is 7.93. The number of nitrogens with one attached hydrogen (secondary N) is 1. The van der Waals surface area contributed by atoms with Gasteiger partial charge in [0.1, 0.15) is 0 Å².